The Bertz CT molecular complexity index is 1450. The van der Waals surface area contributed by atoms with Gasteiger partial charge in [0.1, 0.15) is 24.4 Å². The summed E-state index contributed by atoms with van der Waals surface area (Å²) >= 11 is 6.05. The number of rotatable bonds is 8. The van der Waals surface area contributed by atoms with Crippen molar-refractivity contribution in [3.63, 3.8) is 0 Å². The van der Waals surface area contributed by atoms with Crippen LogP contribution in [0.4, 0.5) is 16.2 Å². The Kier molecular flexibility index (Phi) is 7.31. The van der Waals surface area contributed by atoms with Gasteiger partial charge in [0.05, 0.1) is 36.1 Å². The van der Waals surface area contributed by atoms with Gasteiger partial charge in [-0.25, -0.2) is 14.8 Å². The molecule has 1 aromatic heterocycles. The number of carbonyl (C=O) groups is 1. The van der Waals surface area contributed by atoms with E-state index in [-0.39, 0.29) is 23.9 Å². The fraction of sp³-hybridized carbons (Fsp3) is 0.125. The minimum atomic E-state index is -0.880. The molecule has 3 aromatic carbocycles. The number of anilines is 1. The van der Waals surface area contributed by atoms with Gasteiger partial charge in [-0.3, -0.25) is 15.4 Å². The van der Waals surface area contributed by atoms with E-state index in [1.807, 2.05) is 0 Å². The van der Waals surface area contributed by atoms with Crippen molar-refractivity contribution in [2.24, 2.45) is 0 Å². The average molecular weight is 511 g/mol. The van der Waals surface area contributed by atoms with E-state index in [2.05, 4.69) is 15.3 Å². The maximum Gasteiger partial charge on any atom is 0.412 e. The van der Waals surface area contributed by atoms with Gasteiger partial charge in [-0.1, -0.05) is 29.8 Å². The van der Waals surface area contributed by atoms with Crippen molar-refractivity contribution >= 4 is 40.0 Å². The van der Waals surface area contributed by atoms with Gasteiger partial charge < -0.3 is 18.9 Å². The lowest BCUT2D eigenvalue weighted by molar-refractivity contribution is -0.384. The maximum absolute atomic E-state index is 12.2. The third kappa shape index (κ3) is 5.36. The molecule has 184 valence electrons. The Labute approximate surface area is 209 Å². The number of methoxy groups -OCH3 is 2. The largest absolute Gasteiger partial charge is 0.493 e. The van der Waals surface area contributed by atoms with Crippen LogP contribution in [-0.4, -0.2) is 35.2 Å². The fourth-order valence-corrected chi connectivity index (χ4v) is 3.48. The summed E-state index contributed by atoms with van der Waals surface area (Å²) in [6.07, 6.45) is 0.414. The van der Waals surface area contributed by atoms with E-state index in [1.165, 1.54) is 38.7 Å². The minimum absolute atomic E-state index is 0.0736. The first-order chi connectivity index (χ1) is 17.4. The van der Waals surface area contributed by atoms with Crippen molar-refractivity contribution in [1.29, 1.82) is 0 Å². The first kappa shape index (κ1) is 24.5. The smallest absolute Gasteiger partial charge is 0.412 e. The number of halogens is 1. The lowest BCUT2D eigenvalue weighted by atomic mass is 10.2. The predicted molar refractivity (Wildman–Crippen MR) is 131 cm³/mol. The van der Waals surface area contributed by atoms with Gasteiger partial charge in [0, 0.05) is 16.7 Å². The summed E-state index contributed by atoms with van der Waals surface area (Å²) in [7, 11) is 2.99. The maximum atomic E-state index is 12.2. The Hall–Kier alpha value is -4.64. The number of hydrogen-bond acceptors (Lipinski definition) is 9. The predicted octanol–water partition coefficient (Wildman–Crippen LogP) is 5.75. The molecule has 11 nitrogen and oxygen atoms in total. The summed E-state index contributed by atoms with van der Waals surface area (Å²) in [5.41, 5.74) is 0.640. The van der Waals surface area contributed by atoms with E-state index >= 15 is 0 Å². The summed E-state index contributed by atoms with van der Waals surface area (Å²) in [5.74, 6) is 1.18. The van der Waals surface area contributed by atoms with E-state index in [4.69, 9.17) is 30.5 Å². The molecule has 36 heavy (non-hydrogen) atoms. The molecule has 0 saturated heterocycles. The highest BCUT2D eigenvalue weighted by Gasteiger charge is 2.20. The van der Waals surface area contributed by atoms with Gasteiger partial charge in [-0.15, -0.1) is 0 Å². The van der Waals surface area contributed by atoms with Gasteiger partial charge >= 0.3 is 6.09 Å². The third-order valence-corrected chi connectivity index (χ3v) is 5.41. The lowest BCUT2D eigenvalue weighted by Gasteiger charge is -2.12. The van der Waals surface area contributed by atoms with Crippen LogP contribution in [-0.2, 0) is 11.3 Å². The van der Waals surface area contributed by atoms with E-state index < -0.39 is 16.7 Å². The van der Waals surface area contributed by atoms with Crippen LogP contribution in [0.15, 0.2) is 60.9 Å². The Morgan fingerprint density at radius 2 is 1.81 bits per heavy atom. The number of nitrogens with one attached hydrogen (secondary N) is 1. The minimum Gasteiger partial charge on any atom is -0.493 e. The molecule has 12 heteroatoms. The summed E-state index contributed by atoms with van der Waals surface area (Å²) in [6.45, 7) is -0.102. The van der Waals surface area contributed by atoms with Crippen LogP contribution >= 0.6 is 11.6 Å². The number of hydrogen-bond donors (Lipinski definition) is 1. The highest BCUT2D eigenvalue weighted by molar-refractivity contribution is 6.31. The van der Waals surface area contributed by atoms with Crippen molar-refractivity contribution in [3.8, 4) is 23.1 Å². The van der Waals surface area contributed by atoms with Gasteiger partial charge in [0.2, 0.25) is 5.88 Å². The van der Waals surface area contributed by atoms with Crippen molar-refractivity contribution < 1.29 is 28.7 Å². The zero-order chi connectivity index (χ0) is 25.7. The van der Waals surface area contributed by atoms with Crippen molar-refractivity contribution in [1.82, 2.24) is 9.97 Å². The Morgan fingerprint density at radius 3 is 2.53 bits per heavy atom. The van der Waals surface area contributed by atoms with Crippen LogP contribution < -0.4 is 19.5 Å². The molecule has 0 bridgehead atoms. The first-order valence-corrected chi connectivity index (χ1v) is 10.8. The second kappa shape index (κ2) is 10.7. The molecule has 0 unspecified atom stereocenters. The number of nitro groups is 1. The highest BCUT2D eigenvalue weighted by atomic mass is 35.5. The van der Waals surface area contributed by atoms with Gasteiger partial charge in [-0.2, -0.15) is 0 Å². The Balaban J connectivity index is 1.55. The van der Waals surface area contributed by atoms with Crippen LogP contribution in [0.1, 0.15) is 5.56 Å². The van der Waals surface area contributed by atoms with Crippen molar-refractivity contribution in [3.05, 3.63) is 81.6 Å². The van der Waals surface area contributed by atoms with E-state index in [0.717, 1.165) is 0 Å². The average Bonchev–Trinajstić information content (AvgIpc) is 2.88. The molecule has 0 saturated carbocycles. The van der Waals surface area contributed by atoms with Crippen LogP contribution in [0.5, 0.6) is 23.1 Å². The molecular formula is C24H19ClN4O7. The zero-order valence-electron chi connectivity index (χ0n) is 19.1. The molecule has 1 amide bonds. The summed E-state index contributed by atoms with van der Waals surface area (Å²) < 4.78 is 21.6. The first-order valence-electron chi connectivity index (χ1n) is 10.4. The summed E-state index contributed by atoms with van der Waals surface area (Å²) in [5, 5.41) is 15.0. The molecule has 1 heterocycles. The number of aromatic nitrogens is 2. The number of carbonyl (C=O) groups excluding carboxylic acids is 1. The van der Waals surface area contributed by atoms with Crippen LogP contribution in [0.2, 0.25) is 5.02 Å². The van der Waals surface area contributed by atoms with Gasteiger partial charge in [0.15, 0.2) is 11.5 Å². The fourth-order valence-electron chi connectivity index (χ4n) is 3.29. The van der Waals surface area contributed by atoms with Crippen molar-refractivity contribution in [2.75, 3.05) is 19.5 Å². The number of benzene rings is 3. The molecule has 0 aliphatic heterocycles. The van der Waals surface area contributed by atoms with Crippen LogP contribution in [0.25, 0.3) is 10.9 Å². The summed E-state index contributed by atoms with van der Waals surface area (Å²) in [6, 6.07) is 14.1. The molecule has 4 rings (SSSR count). The third-order valence-electron chi connectivity index (χ3n) is 5.04. The van der Waals surface area contributed by atoms with E-state index in [0.29, 0.717) is 33.0 Å². The molecule has 4 aromatic rings. The molecular weight excluding hydrogens is 492 g/mol. The number of nitro benzene ring substituents is 1. The molecule has 0 spiro atoms. The molecule has 1 N–H and O–H groups in total. The SMILES string of the molecule is COc1cc2ncnc(Oc3ccc(NC(=O)OCc4ccccc4Cl)c([N+](=O)[O-])c3)c2cc1OC. The van der Waals surface area contributed by atoms with E-state index in [9.17, 15) is 14.9 Å². The van der Waals surface area contributed by atoms with Crippen LogP contribution in [0.3, 0.4) is 0 Å². The van der Waals surface area contributed by atoms with Gasteiger partial charge in [0.25, 0.3) is 5.69 Å². The number of fused-ring (bicyclic) bond motifs is 1. The Morgan fingerprint density at radius 1 is 1.06 bits per heavy atom. The topological polar surface area (TPSA) is 135 Å². The molecule has 0 atom stereocenters. The molecule has 0 aliphatic rings. The molecule has 0 aliphatic carbocycles. The number of amides is 1. The zero-order valence-corrected chi connectivity index (χ0v) is 19.8. The normalized spacial score (nSPS) is 10.5. The van der Waals surface area contributed by atoms with E-state index in [1.54, 1.807) is 36.4 Å². The monoisotopic (exact) mass is 510 g/mol. The second-order valence-corrected chi connectivity index (χ2v) is 7.64. The standard InChI is InChI=1S/C24H19ClN4O7/c1-33-21-10-16-19(11-22(21)34-2)26-13-27-23(16)36-15-7-8-18(20(9-15)29(31)32)28-24(30)35-12-14-5-3-4-6-17(14)25/h3-11,13H,12H2,1-2H3,(H,28,30). The molecule has 0 fully saturated rings. The quantitative estimate of drug-likeness (QED) is 0.232. The lowest BCUT2D eigenvalue weighted by Crippen LogP contribution is -2.14. The highest BCUT2D eigenvalue weighted by Crippen LogP contribution is 2.37. The van der Waals surface area contributed by atoms with Crippen molar-refractivity contribution in [2.45, 2.75) is 6.61 Å². The second-order valence-electron chi connectivity index (χ2n) is 7.23. The molecule has 0 radical (unpaired) electrons. The number of ether oxygens (including phenoxy) is 4. The van der Waals surface area contributed by atoms with Crippen LogP contribution in [0, 0.1) is 10.1 Å². The number of nitrogens with zero attached hydrogens (tertiary/aromatic N) is 3. The summed E-state index contributed by atoms with van der Waals surface area (Å²) in [4.78, 5) is 31.6. The van der Waals surface area contributed by atoms with Gasteiger partial charge in [-0.05, 0) is 24.3 Å².